The molecule has 0 aromatic carbocycles. The predicted molar refractivity (Wildman–Crippen MR) is 57.7 cm³/mol. The van der Waals surface area contributed by atoms with E-state index in [1.165, 1.54) is 11.4 Å². The quantitative estimate of drug-likeness (QED) is 0.543. The van der Waals surface area contributed by atoms with Crippen LogP contribution in [0.4, 0.5) is 0 Å². The Morgan fingerprint density at radius 2 is 2.07 bits per heavy atom. The average molecular weight is 240 g/mol. The summed E-state index contributed by atoms with van der Waals surface area (Å²) >= 11 is 0. The fourth-order valence-corrected chi connectivity index (χ4v) is 2.49. The van der Waals surface area contributed by atoms with Crippen molar-refractivity contribution in [2.45, 2.75) is 19.9 Å². The minimum Gasteiger partial charge on any atom is -0.395 e. The second-order valence-corrected chi connectivity index (χ2v) is 5.03. The Morgan fingerprint density at radius 3 is 2.47 bits per heavy atom. The van der Waals surface area contributed by atoms with Gasteiger partial charge in [0.2, 0.25) is 0 Å². The summed E-state index contributed by atoms with van der Waals surface area (Å²) in [5.74, 6) is 0. The van der Waals surface area contributed by atoms with E-state index in [2.05, 4.69) is 4.72 Å². The van der Waals surface area contributed by atoms with Gasteiger partial charge in [0, 0.05) is 26.2 Å². The lowest BCUT2D eigenvalue weighted by Gasteiger charge is -2.25. The van der Waals surface area contributed by atoms with Crippen molar-refractivity contribution < 1.29 is 18.3 Å². The average Bonchev–Trinajstić information content (AvgIpc) is 2.13. The number of methoxy groups -OCH3 is 1. The number of aliphatic hydroxyl groups is 1. The molecular weight excluding hydrogens is 220 g/mol. The predicted octanol–water partition coefficient (Wildman–Crippen LogP) is -0.830. The molecule has 0 aromatic heterocycles. The number of nitrogens with zero attached hydrogens (tertiary/aromatic N) is 1. The van der Waals surface area contributed by atoms with Crippen LogP contribution in [0.15, 0.2) is 0 Å². The third kappa shape index (κ3) is 5.43. The van der Waals surface area contributed by atoms with E-state index in [0.717, 1.165) is 0 Å². The van der Waals surface area contributed by atoms with Crippen LogP contribution in [0.5, 0.6) is 0 Å². The van der Waals surface area contributed by atoms with E-state index in [4.69, 9.17) is 9.84 Å². The number of hydrogen-bond acceptors (Lipinski definition) is 4. The fraction of sp³-hybridized carbons (Fsp3) is 1.00. The maximum atomic E-state index is 11.7. The van der Waals surface area contributed by atoms with Crippen molar-refractivity contribution in [2.75, 3.05) is 33.4 Å². The zero-order chi connectivity index (χ0) is 11.9. The Kier molecular flexibility index (Phi) is 7.03. The molecule has 2 N–H and O–H groups in total. The smallest absolute Gasteiger partial charge is 0.279 e. The van der Waals surface area contributed by atoms with E-state index in [-0.39, 0.29) is 25.7 Å². The molecule has 0 radical (unpaired) electrons. The van der Waals surface area contributed by atoms with E-state index in [9.17, 15) is 8.42 Å². The minimum absolute atomic E-state index is 0.0972. The number of ether oxygens (including phenoxy) is 1. The summed E-state index contributed by atoms with van der Waals surface area (Å²) in [7, 11) is -2.01. The second-order valence-electron chi connectivity index (χ2n) is 3.32. The monoisotopic (exact) mass is 240 g/mol. The van der Waals surface area contributed by atoms with Crippen molar-refractivity contribution in [1.29, 1.82) is 0 Å². The van der Waals surface area contributed by atoms with E-state index in [1.54, 1.807) is 13.8 Å². The Bertz CT molecular complexity index is 253. The van der Waals surface area contributed by atoms with E-state index in [1.807, 2.05) is 0 Å². The van der Waals surface area contributed by atoms with Crippen LogP contribution in [0.2, 0.25) is 0 Å². The van der Waals surface area contributed by atoms with Gasteiger partial charge < -0.3 is 9.84 Å². The molecule has 0 unspecified atom stereocenters. The van der Waals surface area contributed by atoms with Gasteiger partial charge in [-0.05, 0) is 13.8 Å². The van der Waals surface area contributed by atoms with Gasteiger partial charge in [0.1, 0.15) is 0 Å². The van der Waals surface area contributed by atoms with Gasteiger partial charge in [0.05, 0.1) is 13.2 Å². The number of rotatable bonds is 8. The zero-order valence-corrected chi connectivity index (χ0v) is 10.2. The lowest BCUT2D eigenvalue weighted by Crippen LogP contribution is -2.46. The molecule has 6 nitrogen and oxygen atoms in total. The molecule has 0 saturated carbocycles. The molecule has 0 aliphatic carbocycles. The normalized spacial score (nSPS) is 12.7. The van der Waals surface area contributed by atoms with Crippen molar-refractivity contribution in [2.24, 2.45) is 0 Å². The topological polar surface area (TPSA) is 78.9 Å². The molecular formula is C8H20N2O4S. The van der Waals surface area contributed by atoms with Gasteiger partial charge in [0.25, 0.3) is 10.2 Å². The van der Waals surface area contributed by atoms with E-state index in [0.29, 0.717) is 6.61 Å². The molecule has 0 rings (SSSR count). The van der Waals surface area contributed by atoms with Crippen LogP contribution in [0.1, 0.15) is 13.8 Å². The number of hydrogen-bond donors (Lipinski definition) is 2. The molecule has 0 heterocycles. The molecule has 15 heavy (non-hydrogen) atoms. The van der Waals surface area contributed by atoms with E-state index < -0.39 is 10.2 Å². The first kappa shape index (κ1) is 14.8. The van der Waals surface area contributed by atoms with Crippen LogP contribution in [0.3, 0.4) is 0 Å². The Morgan fingerprint density at radius 1 is 1.47 bits per heavy atom. The summed E-state index contributed by atoms with van der Waals surface area (Å²) in [4.78, 5) is 0. The van der Waals surface area contributed by atoms with Crippen LogP contribution in [0.25, 0.3) is 0 Å². The summed E-state index contributed by atoms with van der Waals surface area (Å²) < 4.78 is 31.7. The second kappa shape index (κ2) is 7.13. The summed E-state index contributed by atoms with van der Waals surface area (Å²) in [6.45, 7) is 3.97. The fourth-order valence-electron chi connectivity index (χ4n) is 1.11. The first-order valence-corrected chi connectivity index (χ1v) is 6.26. The largest absolute Gasteiger partial charge is 0.395 e. The maximum absolute atomic E-state index is 11.7. The molecule has 0 fully saturated rings. The van der Waals surface area contributed by atoms with E-state index >= 15 is 0 Å². The van der Waals surface area contributed by atoms with Crippen LogP contribution in [-0.4, -0.2) is 57.3 Å². The van der Waals surface area contributed by atoms with Crippen molar-refractivity contribution in [3.05, 3.63) is 0 Å². The summed E-state index contributed by atoms with van der Waals surface area (Å²) in [6, 6.07) is -0.183. The van der Waals surface area contributed by atoms with Crippen molar-refractivity contribution in [3.8, 4) is 0 Å². The molecule has 0 saturated heterocycles. The number of nitrogens with one attached hydrogen (secondary N) is 1. The highest BCUT2D eigenvalue weighted by Crippen LogP contribution is 2.03. The van der Waals surface area contributed by atoms with Crippen LogP contribution in [-0.2, 0) is 14.9 Å². The highest BCUT2D eigenvalue weighted by molar-refractivity contribution is 7.87. The zero-order valence-electron chi connectivity index (χ0n) is 9.43. The van der Waals surface area contributed by atoms with Crippen LogP contribution < -0.4 is 4.72 Å². The lowest BCUT2D eigenvalue weighted by atomic mass is 10.4. The molecule has 0 aliphatic heterocycles. The lowest BCUT2D eigenvalue weighted by molar-refractivity contribution is 0.202. The van der Waals surface area contributed by atoms with Gasteiger partial charge in [-0.1, -0.05) is 0 Å². The molecule has 92 valence electrons. The third-order valence-electron chi connectivity index (χ3n) is 1.80. The molecule has 0 amide bonds. The van der Waals surface area contributed by atoms with Gasteiger partial charge in [-0.2, -0.15) is 17.4 Å². The summed E-state index contributed by atoms with van der Waals surface area (Å²) in [6.07, 6.45) is 0. The Balaban J connectivity index is 4.37. The molecule has 0 spiro atoms. The third-order valence-corrected chi connectivity index (χ3v) is 3.59. The van der Waals surface area contributed by atoms with Crippen molar-refractivity contribution in [3.63, 3.8) is 0 Å². The minimum atomic E-state index is -3.51. The Labute approximate surface area is 91.4 Å². The molecule has 0 atom stereocenters. The molecule has 7 heteroatoms. The maximum Gasteiger partial charge on any atom is 0.279 e. The van der Waals surface area contributed by atoms with Crippen molar-refractivity contribution in [1.82, 2.24) is 9.03 Å². The van der Waals surface area contributed by atoms with Crippen LogP contribution in [0, 0.1) is 0 Å². The van der Waals surface area contributed by atoms with Crippen LogP contribution >= 0.6 is 0 Å². The molecule has 0 bridgehead atoms. The van der Waals surface area contributed by atoms with Gasteiger partial charge >= 0.3 is 0 Å². The van der Waals surface area contributed by atoms with Gasteiger partial charge in [-0.25, -0.2) is 0 Å². The van der Waals surface area contributed by atoms with Crippen molar-refractivity contribution >= 4 is 10.2 Å². The van der Waals surface area contributed by atoms with Gasteiger partial charge in [0.15, 0.2) is 0 Å². The SMILES string of the molecule is COCCNS(=O)(=O)N(CCO)C(C)C. The first-order valence-electron chi connectivity index (χ1n) is 4.82. The summed E-state index contributed by atoms with van der Waals surface area (Å²) in [5.41, 5.74) is 0. The Hall–Kier alpha value is -0.210. The molecule has 0 aromatic rings. The highest BCUT2D eigenvalue weighted by atomic mass is 32.2. The molecule has 0 aliphatic rings. The first-order chi connectivity index (χ1) is 6.95. The highest BCUT2D eigenvalue weighted by Gasteiger charge is 2.23. The summed E-state index contributed by atoms with van der Waals surface area (Å²) in [5, 5.41) is 8.76. The van der Waals surface area contributed by atoms with Gasteiger partial charge in [-0.3, -0.25) is 0 Å². The number of aliphatic hydroxyl groups excluding tert-OH is 1. The van der Waals surface area contributed by atoms with Gasteiger partial charge in [-0.15, -0.1) is 0 Å². The standard InChI is InChI=1S/C8H20N2O4S/c1-8(2)10(5-6-11)15(12,13)9-4-7-14-3/h8-9,11H,4-7H2,1-3H3.